The van der Waals surface area contributed by atoms with Gasteiger partial charge in [0, 0.05) is 6.54 Å². The van der Waals surface area contributed by atoms with Crippen molar-refractivity contribution in [1.82, 2.24) is 4.98 Å². The van der Waals surface area contributed by atoms with Crippen molar-refractivity contribution in [3.05, 3.63) is 45.1 Å². The number of aromatic nitrogens is 1. The molecule has 112 valence electrons. The normalized spacial score (nSPS) is 15.0. The van der Waals surface area contributed by atoms with Crippen LogP contribution in [0.15, 0.2) is 23.7 Å². The fraction of sp³-hybridized carbons (Fsp3) is 0.308. The van der Waals surface area contributed by atoms with E-state index in [1.54, 1.807) is 0 Å². The summed E-state index contributed by atoms with van der Waals surface area (Å²) in [6.07, 6.45) is 1.34. The van der Waals surface area contributed by atoms with Crippen LogP contribution in [0.1, 0.15) is 17.7 Å². The Labute approximate surface area is 131 Å². The molecule has 4 nitrogen and oxygen atoms in total. The monoisotopic (exact) mass is 346 g/mol. The highest BCUT2D eigenvalue weighted by Gasteiger charge is 2.29. The molecule has 2 aromatic rings. The third kappa shape index (κ3) is 2.90. The highest BCUT2D eigenvalue weighted by atomic mass is 35.5. The Morgan fingerprint density at radius 1 is 1.43 bits per heavy atom. The SMILES string of the molecule is O=S(=O)(Cc1ncsc1Cl)N1CCCc2cc(F)ccc21. The largest absolute Gasteiger partial charge is 0.270 e. The average Bonchev–Trinajstić information content (AvgIpc) is 2.82. The van der Waals surface area contributed by atoms with Crippen LogP contribution in [-0.4, -0.2) is 19.9 Å². The minimum atomic E-state index is -3.58. The smallest absolute Gasteiger partial charge is 0.241 e. The number of halogens is 2. The summed E-state index contributed by atoms with van der Waals surface area (Å²) in [7, 11) is -3.58. The molecule has 1 aliphatic heterocycles. The second kappa shape index (κ2) is 5.55. The molecule has 2 heterocycles. The first-order valence-corrected chi connectivity index (χ1v) is 9.21. The van der Waals surface area contributed by atoms with E-state index in [9.17, 15) is 12.8 Å². The van der Waals surface area contributed by atoms with Crippen LogP contribution in [0.3, 0.4) is 0 Å². The van der Waals surface area contributed by atoms with Crippen LogP contribution in [0, 0.1) is 5.82 Å². The van der Waals surface area contributed by atoms with E-state index in [-0.39, 0.29) is 11.6 Å². The fourth-order valence-electron chi connectivity index (χ4n) is 2.42. The van der Waals surface area contributed by atoms with Gasteiger partial charge in [-0.3, -0.25) is 4.31 Å². The number of hydrogen-bond acceptors (Lipinski definition) is 4. The standard InChI is InChI=1S/C13H12ClFN2O2S2/c14-13-11(16-8-20-13)7-21(18,19)17-5-1-2-9-6-10(15)3-4-12(9)17/h3-4,6,8H,1-2,5,7H2. The molecule has 1 aliphatic rings. The van der Waals surface area contributed by atoms with Gasteiger partial charge in [-0.05, 0) is 36.6 Å². The van der Waals surface area contributed by atoms with Gasteiger partial charge >= 0.3 is 0 Å². The van der Waals surface area contributed by atoms with Gasteiger partial charge in [0.05, 0.1) is 16.9 Å². The lowest BCUT2D eigenvalue weighted by molar-refractivity contribution is 0.583. The first-order chi connectivity index (χ1) is 9.97. The van der Waals surface area contributed by atoms with Crippen molar-refractivity contribution in [3.63, 3.8) is 0 Å². The van der Waals surface area contributed by atoms with Gasteiger partial charge in [0.1, 0.15) is 15.9 Å². The third-order valence-corrected chi connectivity index (χ3v) is 6.19. The summed E-state index contributed by atoms with van der Waals surface area (Å²) in [5.74, 6) is -0.595. The molecule has 1 aromatic carbocycles. The van der Waals surface area contributed by atoms with Gasteiger partial charge in [0.15, 0.2) is 0 Å². The Morgan fingerprint density at radius 3 is 2.95 bits per heavy atom. The van der Waals surface area contributed by atoms with Crippen molar-refractivity contribution in [2.75, 3.05) is 10.8 Å². The molecule has 0 aliphatic carbocycles. The quantitative estimate of drug-likeness (QED) is 0.857. The molecule has 3 rings (SSSR count). The van der Waals surface area contributed by atoms with Gasteiger partial charge in [0.25, 0.3) is 0 Å². The maximum absolute atomic E-state index is 13.3. The molecule has 0 saturated carbocycles. The van der Waals surface area contributed by atoms with Crippen molar-refractivity contribution < 1.29 is 12.8 Å². The summed E-state index contributed by atoms with van der Waals surface area (Å²) < 4.78 is 40.2. The molecule has 1 aromatic heterocycles. The van der Waals surface area contributed by atoms with Crippen molar-refractivity contribution in [3.8, 4) is 0 Å². The summed E-state index contributed by atoms with van der Waals surface area (Å²) in [5.41, 5.74) is 3.14. The number of benzene rings is 1. The molecule has 0 unspecified atom stereocenters. The Bertz CT molecular complexity index is 776. The highest BCUT2D eigenvalue weighted by Crippen LogP contribution is 2.32. The molecule has 0 amide bonds. The number of fused-ring (bicyclic) bond motifs is 1. The Morgan fingerprint density at radius 2 is 2.24 bits per heavy atom. The first kappa shape index (κ1) is 14.7. The summed E-state index contributed by atoms with van der Waals surface area (Å²) >= 11 is 7.13. The zero-order valence-electron chi connectivity index (χ0n) is 10.9. The van der Waals surface area contributed by atoms with Crippen LogP contribution in [0.4, 0.5) is 10.1 Å². The molecule has 8 heteroatoms. The van der Waals surface area contributed by atoms with Gasteiger partial charge in [-0.25, -0.2) is 17.8 Å². The Hall–Kier alpha value is -1.18. The van der Waals surface area contributed by atoms with Crippen LogP contribution in [-0.2, 0) is 22.2 Å². The first-order valence-electron chi connectivity index (χ1n) is 6.34. The topological polar surface area (TPSA) is 50.3 Å². The third-order valence-electron chi connectivity index (χ3n) is 3.36. The maximum Gasteiger partial charge on any atom is 0.241 e. The number of hydrogen-bond donors (Lipinski definition) is 0. The Kier molecular flexibility index (Phi) is 3.90. The molecule has 0 bridgehead atoms. The summed E-state index contributed by atoms with van der Waals surface area (Å²) in [6.45, 7) is 0.392. The molecule has 0 N–H and O–H groups in total. The number of anilines is 1. The molecular formula is C13H12ClFN2O2S2. The number of sulfonamides is 1. The zero-order valence-corrected chi connectivity index (χ0v) is 13.3. The van der Waals surface area contributed by atoms with Gasteiger partial charge in [-0.2, -0.15) is 0 Å². The lowest BCUT2D eigenvalue weighted by Gasteiger charge is -2.30. The lowest BCUT2D eigenvalue weighted by Crippen LogP contribution is -2.36. The van der Waals surface area contributed by atoms with E-state index in [1.165, 1.54) is 39.4 Å². The van der Waals surface area contributed by atoms with E-state index in [0.29, 0.717) is 40.7 Å². The van der Waals surface area contributed by atoms with Crippen LogP contribution in [0.5, 0.6) is 0 Å². The molecule has 21 heavy (non-hydrogen) atoms. The van der Waals surface area contributed by atoms with Crippen molar-refractivity contribution >= 4 is 38.6 Å². The minimum absolute atomic E-state index is 0.244. The van der Waals surface area contributed by atoms with Gasteiger partial charge in [0.2, 0.25) is 10.0 Å². The molecule has 0 spiro atoms. The number of nitrogens with zero attached hydrogens (tertiary/aromatic N) is 2. The highest BCUT2D eigenvalue weighted by molar-refractivity contribution is 7.92. The van der Waals surface area contributed by atoms with E-state index >= 15 is 0 Å². The molecule has 0 saturated heterocycles. The lowest BCUT2D eigenvalue weighted by atomic mass is 10.0. The van der Waals surface area contributed by atoms with Gasteiger partial charge in [-0.15, -0.1) is 11.3 Å². The van der Waals surface area contributed by atoms with Crippen molar-refractivity contribution in [1.29, 1.82) is 0 Å². The minimum Gasteiger partial charge on any atom is -0.270 e. The second-order valence-corrected chi connectivity index (χ2v) is 8.13. The number of rotatable bonds is 3. The number of thiazole rings is 1. The van der Waals surface area contributed by atoms with Gasteiger partial charge in [-0.1, -0.05) is 11.6 Å². The molecule has 0 atom stereocenters. The zero-order chi connectivity index (χ0) is 15.0. The van der Waals surface area contributed by atoms with Crippen LogP contribution >= 0.6 is 22.9 Å². The van der Waals surface area contributed by atoms with Gasteiger partial charge < -0.3 is 0 Å². The molecular weight excluding hydrogens is 335 g/mol. The van der Waals surface area contributed by atoms with E-state index in [4.69, 9.17) is 11.6 Å². The van der Waals surface area contributed by atoms with Crippen LogP contribution in [0.25, 0.3) is 0 Å². The summed E-state index contributed by atoms with van der Waals surface area (Å²) in [6, 6.07) is 4.19. The van der Waals surface area contributed by atoms with E-state index in [1.807, 2.05) is 0 Å². The average molecular weight is 347 g/mol. The van der Waals surface area contributed by atoms with E-state index < -0.39 is 10.0 Å². The van der Waals surface area contributed by atoms with Crippen LogP contribution in [0.2, 0.25) is 4.34 Å². The fourth-order valence-corrected chi connectivity index (χ4v) is 4.96. The predicted octanol–water partition coefficient (Wildman–Crippen LogP) is 3.22. The van der Waals surface area contributed by atoms with E-state index in [2.05, 4.69) is 4.98 Å². The molecule has 0 radical (unpaired) electrons. The summed E-state index contributed by atoms with van der Waals surface area (Å²) in [4.78, 5) is 3.99. The maximum atomic E-state index is 13.3. The Balaban J connectivity index is 1.96. The second-order valence-electron chi connectivity index (χ2n) is 4.78. The molecule has 0 fully saturated rings. The van der Waals surface area contributed by atoms with Crippen molar-refractivity contribution in [2.45, 2.75) is 18.6 Å². The van der Waals surface area contributed by atoms with Crippen LogP contribution < -0.4 is 4.31 Å². The number of aryl methyl sites for hydroxylation is 1. The summed E-state index contributed by atoms with van der Waals surface area (Å²) in [5, 5.41) is 0. The van der Waals surface area contributed by atoms with Crippen molar-refractivity contribution in [2.24, 2.45) is 0 Å². The van der Waals surface area contributed by atoms with E-state index in [0.717, 1.165) is 0 Å². The predicted molar refractivity (Wildman–Crippen MR) is 81.8 cm³/mol.